The van der Waals surface area contributed by atoms with Crippen LogP contribution in [0.2, 0.25) is 0 Å². The lowest BCUT2D eigenvalue weighted by Gasteiger charge is -2.49. The van der Waals surface area contributed by atoms with E-state index in [0.29, 0.717) is 26.0 Å². The van der Waals surface area contributed by atoms with E-state index >= 15 is 0 Å². The monoisotopic (exact) mass is 410 g/mol. The molecular formula is C25H48P2. The highest BCUT2D eigenvalue weighted by molar-refractivity contribution is 7.61. The van der Waals surface area contributed by atoms with E-state index in [-0.39, 0.29) is 15.8 Å². The molecule has 0 aliphatic heterocycles. The molecule has 0 spiro atoms. The van der Waals surface area contributed by atoms with Crippen molar-refractivity contribution in [2.24, 2.45) is 11.3 Å². The molecule has 0 aromatic carbocycles. The van der Waals surface area contributed by atoms with Gasteiger partial charge in [-0.2, -0.15) is 0 Å². The van der Waals surface area contributed by atoms with Crippen LogP contribution in [-0.4, -0.2) is 32.9 Å². The molecule has 2 rings (SSSR count). The largest absolute Gasteiger partial charge is 0.0948 e. The lowest BCUT2D eigenvalue weighted by atomic mass is 9.83. The van der Waals surface area contributed by atoms with Gasteiger partial charge in [0.1, 0.15) is 0 Å². The SMILES string of the molecule is CC(C)(C)P(CC1=CC2CCC1(CP(C(C)(C)C)C(C)(C)C)C2)C(C)(C)C. The summed E-state index contributed by atoms with van der Waals surface area (Å²) >= 11 is 0. The van der Waals surface area contributed by atoms with Crippen molar-refractivity contribution in [1.29, 1.82) is 0 Å². The zero-order valence-electron chi connectivity index (χ0n) is 20.6. The molecule has 1 fully saturated rings. The van der Waals surface area contributed by atoms with E-state index < -0.39 is 0 Å². The molecule has 1 saturated carbocycles. The molecule has 2 aliphatic carbocycles. The summed E-state index contributed by atoms with van der Waals surface area (Å²) in [5.41, 5.74) is 2.42. The zero-order chi connectivity index (χ0) is 21.1. The average molecular weight is 411 g/mol. The van der Waals surface area contributed by atoms with Gasteiger partial charge in [0, 0.05) is 0 Å². The Hall–Kier alpha value is 0.600. The number of hydrogen-bond donors (Lipinski definition) is 0. The molecule has 0 radical (unpaired) electrons. The number of hydrogen-bond acceptors (Lipinski definition) is 0. The maximum Gasteiger partial charge on any atom is -0.00391 e. The fourth-order valence-electron chi connectivity index (χ4n) is 5.96. The van der Waals surface area contributed by atoms with Gasteiger partial charge in [-0.25, -0.2) is 0 Å². The lowest BCUT2D eigenvalue weighted by molar-refractivity contribution is 0.426. The van der Waals surface area contributed by atoms with Crippen LogP contribution in [0.25, 0.3) is 0 Å². The molecular weight excluding hydrogens is 362 g/mol. The van der Waals surface area contributed by atoms with Gasteiger partial charge in [0.05, 0.1) is 0 Å². The van der Waals surface area contributed by atoms with Crippen LogP contribution in [0.4, 0.5) is 0 Å². The second-order valence-electron chi connectivity index (χ2n) is 13.3. The highest BCUT2D eigenvalue weighted by Gasteiger charge is 2.51. The van der Waals surface area contributed by atoms with E-state index in [4.69, 9.17) is 0 Å². The van der Waals surface area contributed by atoms with Crippen molar-refractivity contribution in [2.75, 3.05) is 12.3 Å². The Kier molecular flexibility index (Phi) is 6.53. The highest BCUT2D eigenvalue weighted by atomic mass is 31.1. The van der Waals surface area contributed by atoms with Crippen molar-refractivity contribution in [3.63, 3.8) is 0 Å². The molecule has 2 bridgehead atoms. The van der Waals surface area contributed by atoms with Crippen molar-refractivity contribution in [1.82, 2.24) is 0 Å². The topological polar surface area (TPSA) is 0 Å². The average Bonchev–Trinajstić information content (AvgIpc) is 2.95. The molecule has 27 heavy (non-hydrogen) atoms. The van der Waals surface area contributed by atoms with Gasteiger partial charge in [-0.15, -0.1) is 0 Å². The summed E-state index contributed by atoms with van der Waals surface area (Å²) in [7, 11) is -0.0626. The first kappa shape index (κ1) is 23.9. The fourth-order valence-corrected chi connectivity index (χ4v) is 13.8. The Labute approximate surface area is 174 Å². The Morgan fingerprint density at radius 2 is 1.22 bits per heavy atom. The molecule has 0 heterocycles. The third kappa shape index (κ3) is 5.40. The number of fused-ring (bicyclic) bond motifs is 2. The number of rotatable bonds is 4. The summed E-state index contributed by atoms with van der Waals surface area (Å²) in [4.78, 5) is 0. The quantitative estimate of drug-likeness (QED) is 0.321. The molecule has 0 nitrogen and oxygen atoms in total. The van der Waals surface area contributed by atoms with Crippen LogP contribution >= 0.6 is 15.8 Å². The van der Waals surface area contributed by atoms with Gasteiger partial charge in [0.2, 0.25) is 0 Å². The van der Waals surface area contributed by atoms with Gasteiger partial charge >= 0.3 is 0 Å². The summed E-state index contributed by atoms with van der Waals surface area (Å²) < 4.78 is 0. The Balaban J connectivity index is 2.34. The van der Waals surface area contributed by atoms with Gasteiger partial charge in [-0.05, 0) is 63.5 Å². The zero-order valence-corrected chi connectivity index (χ0v) is 22.4. The summed E-state index contributed by atoms with van der Waals surface area (Å²) in [6.07, 6.45) is 9.99. The Morgan fingerprint density at radius 3 is 1.59 bits per heavy atom. The summed E-state index contributed by atoms with van der Waals surface area (Å²) in [6.45, 7) is 29.9. The molecule has 2 heteroatoms. The molecule has 2 unspecified atom stereocenters. The maximum absolute atomic E-state index is 2.76. The minimum absolute atomic E-state index is 0.0229. The smallest absolute Gasteiger partial charge is 0.00391 e. The summed E-state index contributed by atoms with van der Waals surface area (Å²) in [6, 6.07) is 0. The van der Waals surface area contributed by atoms with Gasteiger partial charge in [0.15, 0.2) is 0 Å². The van der Waals surface area contributed by atoms with E-state index in [1.165, 1.54) is 31.6 Å². The van der Waals surface area contributed by atoms with Crippen LogP contribution in [0.1, 0.15) is 102 Å². The predicted molar refractivity (Wildman–Crippen MR) is 130 cm³/mol. The van der Waals surface area contributed by atoms with E-state index in [2.05, 4.69) is 89.2 Å². The van der Waals surface area contributed by atoms with Crippen molar-refractivity contribution in [3.05, 3.63) is 11.6 Å². The van der Waals surface area contributed by atoms with Crippen LogP contribution < -0.4 is 0 Å². The molecule has 158 valence electrons. The van der Waals surface area contributed by atoms with Gasteiger partial charge in [-0.3, -0.25) is 0 Å². The molecule has 0 saturated heterocycles. The van der Waals surface area contributed by atoms with E-state index in [1.807, 2.05) is 5.57 Å². The normalized spacial score (nSPS) is 27.0. The second-order valence-corrected chi connectivity index (χ2v) is 21.0. The van der Waals surface area contributed by atoms with Crippen LogP contribution in [0.3, 0.4) is 0 Å². The molecule has 0 amide bonds. The molecule has 0 N–H and O–H groups in total. The van der Waals surface area contributed by atoms with Crippen LogP contribution in [0, 0.1) is 11.3 Å². The molecule has 2 aliphatic rings. The molecule has 2 atom stereocenters. The van der Waals surface area contributed by atoms with Crippen molar-refractivity contribution in [2.45, 2.75) is 123 Å². The van der Waals surface area contributed by atoms with Gasteiger partial charge < -0.3 is 0 Å². The first-order valence-corrected chi connectivity index (χ1v) is 14.2. The summed E-state index contributed by atoms with van der Waals surface area (Å²) in [5.74, 6) is 0.883. The lowest BCUT2D eigenvalue weighted by Crippen LogP contribution is -2.35. The van der Waals surface area contributed by atoms with E-state index in [1.54, 1.807) is 0 Å². The van der Waals surface area contributed by atoms with Crippen molar-refractivity contribution >= 4 is 15.8 Å². The Bertz CT molecular complexity index is 531. The first-order chi connectivity index (χ1) is 11.9. The van der Waals surface area contributed by atoms with Crippen molar-refractivity contribution < 1.29 is 0 Å². The second kappa shape index (κ2) is 7.38. The third-order valence-corrected chi connectivity index (χ3v) is 14.8. The van der Waals surface area contributed by atoms with Crippen LogP contribution in [-0.2, 0) is 0 Å². The van der Waals surface area contributed by atoms with E-state index in [9.17, 15) is 0 Å². The Morgan fingerprint density at radius 1 is 0.778 bits per heavy atom. The number of allylic oxidation sites excluding steroid dienone is 2. The van der Waals surface area contributed by atoms with E-state index in [0.717, 1.165) is 5.92 Å². The predicted octanol–water partition coefficient (Wildman–Crippen LogP) is 8.87. The standard InChI is InChI=1S/C25H48P2/c1-21(2,3)26(22(4,5)6)17-20-15-19-13-14-25(20,16-19)18-27(23(7,8)9)24(10,11)12/h15,19H,13-14,16-18H2,1-12H3. The minimum Gasteiger partial charge on any atom is -0.0948 e. The minimum atomic E-state index is -0.0397. The van der Waals surface area contributed by atoms with Crippen LogP contribution in [0.5, 0.6) is 0 Å². The molecule has 0 aromatic rings. The maximum atomic E-state index is 2.76. The molecule has 0 aromatic heterocycles. The highest BCUT2D eigenvalue weighted by Crippen LogP contribution is 2.70. The fraction of sp³-hybridized carbons (Fsp3) is 0.920. The third-order valence-electron chi connectivity index (χ3n) is 6.79. The summed E-state index contributed by atoms with van der Waals surface area (Å²) in [5, 5.41) is 1.73. The van der Waals surface area contributed by atoms with Gasteiger partial charge in [0.25, 0.3) is 0 Å². The van der Waals surface area contributed by atoms with Gasteiger partial charge in [-0.1, -0.05) is 111 Å². The first-order valence-electron chi connectivity index (χ1n) is 11.1. The van der Waals surface area contributed by atoms with Crippen LogP contribution in [0.15, 0.2) is 11.6 Å². The van der Waals surface area contributed by atoms with Crippen molar-refractivity contribution in [3.8, 4) is 0 Å².